The molecule has 1 N–H and O–H groups in total. The molecule has 0 saturated heterocycles. The third kappa shape index (κ3) is 3.12. The van der Waals surface area contributed by atoms with Crippen molar-refractivity contribution >= 4 is 5.91 Å². The summed E-state index contributed by atoms with van der Waals surface area (Å²) in [6.45, 7) is 2.51. The predicted molar refractivity (Wildman–Crippen MR) is 73.9 cm³/mol. The fraction of sp³-hybridized carbons (Fsp3) is 0.200. The number of amides is 1. The number of halogens is 1. The lowest BCUT2D eigenvalue weighted by Gasteiger charge is -2.20. The van der Waals surface area contributed by atoms with Crippen molar-refractivity contribution in [2.24, 2.45) is 0 Å². The molecular weight excluding hydrogens is 259 g/mol. The van der Waals surface area contributed by atoms with E-state index >= 15 is 0 Å². The SMILES string of the molecule is CCN(Cc1cccc(F)c1)C(=O)c1ccc[nH]c1=O. The molecule has 0 unspecified atom stereocenters. The largest absolute Gasteiger partial charge is 0.334 e. The summed E-state index contributed by atoms with van der Waals surface area (Å²) >= 11 is 0. The zero-order chi connectivity index (χ0) is 14.5. The third-order valence-electron chi connectivity index (χ3n) is 2.98. The number of benzene rings is 1. The second kappa shape index (κ2) is 6.14. The van der Waals surface area contributed by atoms with Crippen LogP contribution in [-0.4, -0.2) is 22.3 Å². The predicted octanol–water partition coefficient (Wildman–Crippen LogP) is 2.18. The first-order valence-electron chi connectivity index (χ1n) is 6.33. The number of carbonyl (C=O) groups excluding carboxylic acids is 1. The molecule has 0 spiro atoms. The lowest BCUT2D eigenvalue weighted by atomic mass is 10.2. The summed E-state index contributed by atoms with van der Waals surface area (Å²) in [5, 5.41) is 0. The number of hydrogen-bond acceptors (Lipinski definition) is 2. The topological polar surface area (TPSA) is 53.2 Å². The average molecular weight is 274 g/mol. The number of aromatic nitrogens is 1. The highest BCUT2D eigenvalue weighted by molar-refractivity contribution is 5.93. The van der Waals surface area contributed by atoms with Crippen LogP contribution in [0.5, 0.6) is 0 Å². The van der Waals surface area contributed by atoms with Gasteiger partial charge in [0.1, 0.15) is 11.4 Å². The minimum atomic E-state index is -0.421. The van der Waals surface area contributed by atoms with Crippen molar-refractivity contribution in [2.75, 3.05) is 6.54 Å². The van der Waals surface area contributed by atoms with Gasteiger partial charge in [0.15, 0.2) is 0 Å². The van der Waals surface area contributed by atoms with Gasteiger partial charge in [-0.3, -0.25) is 9.59 Å². The standard InChI is InChI=1S/C15H15FN2O2/c1-2-18(10-11-5-3-6-12(16)9-11)15(20)13-7-4-8-17-14(13)19/h3-9H,2,10H2,1H3,(H,17,19). The van der Waals surface area contributed by atoms with Gasteiger partial charge in [0.05, 0.1) is 0 Å². The van der Waals surface area contributed by atoms with Crippen LogP contribution in [0.2, 0.25) is 0 Å². The van der Waals surface area contributed by atoms with Gasteiger partial charge < -0.3 is 9.88 Å². The first-order valence-corrected chi connectivity index (χ1v) is 6.33. The van der Waals surface area contributed by atoms with Gasteiger partial charge in [0.25, 0.3) is 11.5 Å². The van der Waals surface area contributed by atoms with Crippen LogP contribution in [0.15, 0.2) is 47.4 Å². The third-order valence-corrected chi connectivity index (χ3v) is 2.98. The molecule has 2 rings (SSSR count). The maximum absolute atomic E-state index is 13.2. The van der Waals surface area contributed by atoms with E-state index in [-0.39, 0.29) is 23.8 Å². The zero-order valence-electron chi connectivity index (χ0n) is 11.1. The van der Waals surface area contributed by atoms with Crippen molar-refractivity contribution in [1.82, 2.24) is 9.88 Å². The monoisotopic (exact) mass is 274 g/mol. The Morgan fingerprint density at radius 2 is 2.10 bits per heavy atom. The molecule has 0 saturated carbocycles. The van der Waals surface area contributed by atoms with E-state index in [0.717, 1.165) is 0 Å². The molecule has 4 nitrogen and oxygen atoms in total. The van der Waals surface area contributed by atoms with Gasteiger partial charge in [-0.25, -0.2) is 4.39 Å². The summed E-state index contributed by atoms with van der Waals surface area (Å²) in [5.41, 5.74) is 0.355. The van der Waals surface area contributed by atoms with Crippen LogP contribution in [0.4, 0.5) is 4.39 Å². The number of nitrogens with zero attached hydrogens (tertiary/aromatic N) is 1. The molecule has 0 aliphatic carbocycles. The molecule has 0 radical (unpaired) electrons. The number of aromatic amines is 1. The maximum atomic E-state index is 13.2. The quantitative estimate of drug-likeness (QED) is 0.929. The Kier molecular flexibility index (Phi) is 4.30. The number of hydrogen-bond donors (Lipinski definition) is 1. The summed E-state index contributed by atoms with van der Waals surface area (Å²) in [6, 6.07) is 9.15. The minimum Gasteiger partial charge on any atom is -0.334 e. The first kappa shape index (κ1) is 14.0. The normalized spacial score (nSPS) is 10.3. The van der Waals surface area contributed by atoms with E-state index in [1.54, 1.807) is 18.2 Å². The maximum Gasteiger partial charge on any atom is 0.260 e. The van der Waals surface area contributed by atoms with Crippen molar-refractivity contribution in [2.45, 2.75) is 13.5 Å². The van der Waals surface area contributed by atoms with Gasteiger partial charge in [0.2, 0.25) is 0 Å². The summed E-state index contributed by atoms with van der Waals surface area (Å²) in [4.78, 5) is 27.9. The van der Waals surface area contributed by atoms with E-state index in [1.807, 2.05) is 6.92 Å². The van der Waals surface area contributed by atoms with Crippen LogP contribution in [0.1, 0.15) is 22.8 Å². The fourth-order valence-electron chi connectivity index (χ4n) is 1.94. The molecule has 0 aliphatic heterocycles. The lowest BCUT2D eigenvalue weighted by Crippen LogP contribution is -2.34. The molecule has 104 valence electrons. The molecule has 1 amide bonds. The zero-order valence-corrected chi connectivity index (χ0v) is 11.1. The van der Waals surface area contributed by atoms with Crippen LogP contribution in [0.25, 0.3) is 0 Å². The number of carbonyl (C=O) groups is 1. The Balaban J connectivity index is 2.23. The smallest absolute Gasteiger partial charge is 0.260 e. The molecule has 20 heavy (non-hydrogen) atoms. The van der Waals surface area contributed by atoms with E-state index in [2.05, 4.69) is 4.98 Å². The van der Waals surface area contributed by atoms with Gasteiger partial charge in [-0.05, 0) is 36.8 Å². The molecule has 1 aromatic carbocycles. The second-order valence-corrected chi connectivity index (χ2v) is 4.36. The van der Waals surface area contributed by atoms with E-state index in [4.69, 9.17) is 0 Å². The van der Waals surface area contributed by atoms with Crippen molar-refractivity contribution in [3.8, 4) is 0 Å². The van der Waals surface area contributed by atoms with E-state index < -0.39 is 5.56 Å². The second-order valence-electron chi connectivity index (χ2n) is 4.36. The van der Waals surface area contributed by atoms with Gasteiger partial charge >= 0.3 is 0 Å². The highest BCUT2D eigenvalue weighted by atomic mass is 19.1. The van der Waals surface area contributed by atoms with Gasteiger partial charge in [0, 0.05) is 19.3 Å². The van der Waals surface area contributed by atoms with Crippen LogP contribution in [0.3, 0.4) is 0 Å². The summed E-state index contributed by atoms with van der Waals surface area (Å²) in [5.74, 6) is -0.706. The summed E-state index contributed by atoms with van der Waals surface area (Å²) in [7, 11) is 0. The van der Waals surface area contributed by atoms with Crippen LogP contribution >= 0.6 is 0 Å². The fourth-order valence-corrected chi connectivity index (χ4v) is 1.94. The number of rotatable bonds is 4. The Labute approximate surface area is 115 Å². The highest BCUT2D eigenvalue weighted by Gasteiger charge is 2.17. The highest BCUT2D eigenvalue weighted by Crippen LogP contribution is 2.09. The van der Waals surface area contributed by atoms with Gasteiger partial charge in [-0.15, -0.1) is 0 Å². The lowest BCUT2D eigenvalue weighted by molar-refractivity contribution is 0.0750. The van der Waals surface area contributed by atoms with Gasteiger partial charge in [-0.1, -0.05) is 12.1 Å². The molecule has 2 aromatic rings. The number of nitrogens with one attached hydrogen (secondary N) is 1. The van der Waals surface area contributed by atoms with Crippen molar-refractivity contribution < 1.29 is 9.18 Å². The van der Waals surface area contributed by atoms with Crippen molar-refractivity contribution in [3.05, 3.63) is 69.9 Å². The van der Waals surface area contributed by atoms with Crippen molar-refractivity contribution in [1.29, 1.82) is 0 Å². The van der Waals surface area contributed by atoms with Crippen molar-refractivity contribution in [3.63, 3.8) is 0 Å². The van der Waals surface area contributed by atoms with Crippen LogP contribution in [0, 0.1) is 5.82 Å². The molecule has 1 aromatic heterocycles. The molecule has 1 heterocycles. The molecule has 0 bridgehead atoms. The molecule has 0 aliphatic rings. The van der Waals surface area contributed by atoms with Crippen LogP contribution < -0.4 is 5.56 Å². The Bertz CT molecular complexity index is 667. The summed E-state index contributed by atoms with van der Waals surface area (Å²) in [6.07, 6.45) is 1.47. The molecule has 0 atom stereocenters. The van der Waals surface area contributed by atoms with E-state index in [1.165, 1.54) is 29.3 Å². The van der Waals surface area contributed by atoms with E-state index in [0.29, 0.717) is 12.1 Å². The number of H-pyrrole nitrogens is 1. The first-order chi connectivity index (χ1) is 9.61. The molecule has 5 heteroatoms. The van der Waals surface area contributed by atoms with Gasteiger partial charge in [-0.2, -0.15) is 0 Å². The molecular formula is C15H15FN2O2. The Hall–Kier alpha value is -2.43. The van der Waals surface area contributed by atoms with Crippen LogP contribution in [-0.2, 0) is 6.54 Å². The Morgan fingerprint density at radius 1 is 1.30 bits per heavy atom. The summed E-state index contributed by atoms with van der Waals surface area (Å²) < 4.78 is 13.2. The average Bonchev–Trinajstić information content (AvgIpc) is 2.44. The Morgan fingerprint density at radius 3 is 2.75 bits per heavy atom. The number of pyridine rings is 1. The molecule has 0 fully saturated rings. The minimum absolute atomic E-state index is 0.0887. The van der Waals surface area contributed by atoms with E-state index in [9.17, 15) is 14.0 Å².